The molecule has 0 aliphatic carbocycles. The summed E-state index contributed by atoms with van der Waals surface area (Å²) in [7, 11) is 0. The van der Waals surface area contributed by atoms with Crippen LogP contribution in [0.5, 0.6) is 0 Å². The van der Waals surface area contributed by atoms with Crippen molar-refractivity contribution in [3.63, 3.8) is 0 Å². The number of hydrogen-bond donors (Lipinski definition) is 0. The first-order chi connectivity index (χ1) is 6.40. The van der Waals surface area contributed by atoms with Crippen LogP contribution in [0.4, 0.5) is 0 Å². The van der Waals surface area contributed by atoms with E-state index in [-0.39, 0.29) is 11.1 Å². The Labute approximate surface area is 86.5 Å². The van der Waals surface area contributed by atoms with Crippen LogP contribution in [0.1, 0.15) is 34.1 Å². The van der Waals surface area contributed by atoms with Crippen molar-refractivity contribution >= 4 is 0 Å². The summed E-state index contributed by atoms with van der Waals surface area (Å²) in [5.41, 5.74) is 0.0840. The van der Waals surface area contributed by atoms with Crippen molar-refractivity contribution < 1.29 is 0 Å². The molecular formula is C12H18N2. The molecule has 1 aliphatic rings. The molecule has 1 aliphatic heterocycles. The van der Waals surface area contributed by atoms with Gasteiger partial charge in [-0.3, -0.25) is 0 Å². The quantitative estimate of drug-likeness (QED) is 0.469. The number of allylic oxidation sites excluding steroid dienone is 1. The molecule has 0 amide bonds. The maximum atomic E-state index is 8.56. The Morgan fingerprint density at radius 1 is 1.36 bits per heavy atom. The first kappa shape index (κ1) is 10.8. The second-order valence-corrected chi connectivity index (χ2v) is 4.89. The minimum absolute atomic E-state index is 0.00486. The van der Waals surface area contributed by atoms with Crippen molar-refractivity contribution in [3.8, 4) is 6.07 Å². The van der Waals surface area contributed by atoms with E-state index in [2.05, 4.69) is 44.7 Å². The molecule has 14 heavy (non-hydrogen) atoms. The molecule has 0 spiro atoms. The van der Waals surface area contributed by atoms with Gasteiger partial charge in [-0.15, -0.1) is 0 Å². The van der Waals surface area contributed by atoms with Crippen LogP contribution in [-0.4, -0.2) is 16.0 Å². The summed E-state index contributed by atoms with van der Waals surface area (Å²) < 4.78 is 0. The molecule has 0 unspecified atom stereocenters. The summed E-state index contributed by atoms with van der Waals surface area (Å²) in [6, 6.07) is 2.04. The van der Waals surface area contributed by atoms with Gasteiger partial charge in [0.2, 0.25) is 0 Å². The van der Waals surface area contributed by atoms with Crippen molar-refractivity contribution in [2.24, 2.45) is 0 Å². The zero-order valence-electron chi connectivity index (χ0n) is 9.41. The largest absolute Gasteiger partial charge is 0.363 e. The summed E-state index contributed by atoms with van der Waals surface area (Å²) >= 11 is 0. The Bertz CT molecular complexity index is 303. The third-order valence-electron chi connectivity index (χ3n) is 2.71. The second kappa shape index (κ2) is 3.49. The van der Waals surface area contributed by atoms with Gasteiger partial charge in [0.25, 0.3) is 0 Å². The lowest BCUT2D eigenvalue weighted by molar-refractivity contribution is 0.0918. The van der Waals surface area contributed by atoms with E-state index in [0.29, 0.717) is 0 Å². The Balaban J connectivity index is 3.02. The van der Waals surface area contributed by atoms with Crippen LogP contribution in [0, 0.1) is 11.3 Å². The fraction of sp³-hybridized carbons (Fsp3) is 0.583. The molecule has 0 atom stereocenters. The molecular weight excluding hydrogens is 172 g/mol. The third-order valence-corrected chi connectivity index (χ3v) is 2.71. The lowest BCUT2D eigenvalue weighted by Gasteiger charge is -2.49. The minimum Gasteiger partial charge on any atom is -0.363 e. The van der Waals surface area contributed by atoms with Crippen LogP contribution >= 0.6 is 0 Å². The van der Waals surface area contributed by atoms with Crippen LogP contribution in [0.15, 0.2) is 24.4 Å². The average Bonchev–Trinajstić information content (AvgIpc) is 2.01. The molecule has 2 nitrogen and oxygen atoms in total. The van der Waals surface area contributed by atoms with Crippen molar-refractivity contribution in [2.45, 2.75) is 45.2 Å². The van der Waals surface area contributed by atoms with E-state index in [4.69, 9.17) is 5.26 Å². The van der Waals surface area contributed by atoms with Crippen molar-refractivity contribution in [1.29, 1.82) is 5.26 Å². The van der Waals surface area contributed by atoms with Gasteiger partial charge in [0.05, 0.1) is 11.6 Å². The number of rotatable bonds is 1. The van der Waals surface area contributed by atoms with Crippen molar-refractivity contribution in [3.05, 3.63) is 24.4 Å². The Hall–Kier alpha value is -1.23. The van der Waals surface area contributed by atoms with Crippen molar-refractivity contribution in [1.82, 2.24) is 4.90 Å². The normalized spacial score (nSPS) is 23.8. The fourth-order valence-corrected chi connectivity index (χ4v) is 2.10. The van der Waals surface area contributed by atoms with Gasteiger partial charge in [-0.2, -0.15) is 5.26 Å². The summed E-state index contributed by atoms with van der Waals surface area (Å²) in [4.78, 5) is 2.24. The zero-order valence-corrected chi connectivity index (χ0v) is 9.41. The van der Waals surface area contributed by atoms with E-state index >= 15 is 0 Å². The van der Waals surface area contributed by atoms with Crippen LogP contribution in [0.3, 0.4) is 0 Å². The van der Waals surface area contributed by atoms with Gasteiger partial charge in [0, 0.05) is 17.8 Å². The fourth-order valence-electron chi connectivity index (χ4n) is 2.10. The predicted octanol–water partition coefficient (Wildman–Crippen LogP) is 2.84. The van der Waals surface area contributed by atoms with Crippen LogP contribution in [0.2, 0.25) is 0 Å². The van der Waals surface area contributed by atoms with E-state index in [9.17, 15) is 0 Å². The van der Waals surface area contributed by atoms with E-state index in [0.717, 1.165) is 6.42 Å². The van der Waals surface area contributed by atoms with E-state index in [1.807, 2.05) is 12.3 Å². The van der Waals surface area contributed by atoms with Crippen LogP contribution in [-0.2, 0) is 0 Å². The molecule has 1 heterocycles. The highest BCUT2D eigenvalue weighted by Crippen LogP contribution is 2.33. The number of nitriles is 1. The summed E-state index contributed by atoms with van der Waals surface area (Å²) in [6.07, 6.45) is 8.87. The Kier molecular flexibility index (Phi) is 2.71. The minimum atomic E-state index is -0.00486. The van der Waals surface area contributed by atoms with Gasteiger partial charge >= 0.3 is 0 Å². The zero-order chi connectivity index (χ0) is 10.8. The van der Waals surface area contributed by atoms with Gasteiger partial charge in [-0.05, 0) is 34.1 Å². The van der Waals surface area contributed by atoms with E-state index in [1.54, 1.807) is 6.08 Å². The van der Waals surface area contributed by atoms with E-state index < -0.39 is 0 Å². The topological polar surface area (TPSA) is 27.0 Å². The van der Waals surface area contributed by atoms with Crippen molar-refractivity contribution in [2.75, 3.05) is 0 Å². The van der Waals surface area contributed by atoms with Gasteiger partial charge in [0.15, 0.2) is 0 Å². The molecule has 1 rings (SSSR count). The first-order valence-corrected chi connectivity index (χ1v) is 4.93. The molecule has 0 bridgehead atoms. The summed E-state index contributed by atoms with van der Waals surface area (Å²) in [5.74, 6) is 0. The molecule has 0 N–H and O–H groups in total. The smallest absolute Gasteiger partial charge is 0.0927 e. The number of hydrogen-bond acceptors (Lipinski definition) is 2. The van der Waals surface area contributed by atoms with Crippen LogP contribution in [0.25, 0.3) is 0 Å². The third kappa shape index (κ3) is 1.98. The Morgan fingerprint density at radius 3 is 2.50 bits per heavy atom. The molecule has 0 fully saturated rings. The standard InChI is InChI=1S/C12H18N2/c1-11(2)7-5-8-12(3,4)14(11)10-6-9-13/h5-7,10H,8H2,1-4H3/b10-6-. The molecule has 0 aromatic rings. The van der Waals surface area contributed by atoms with Gasteiger partial charge in [-0.1, -0.05) is 12.2 Å². The summed E-state index contributed by atoms with van der Waals surface area (Å²) in [5, 5.41) is 8.56. The molecule has 0 radical (unpaired) electrons. The maximum absolute atomic E-state index is 8.56. The molecule has 0 saturated carbocycles. The predicted molar refractivity (Wildman–Crippen MR) is 58.5 cm³/mol. The van der Waals surface area contributed by atoms with Crippen LogP contribution < -0.4 is 0 Å². The SMILES string of the molecule is CC1(C)C=CCC(C)(C)N1/C=C\C#N. The highest BCUT2D eigenvalue weighted by Gasteiger charge is 2.35. The molecule has 76 valence electrons. The molecule has 0 saturated heterocycles. The highest BCUT2D eigenvalue weighted by atomic mass is 15.2. The van der Waals surface area contributed by atoms with Gasteiger partial charge < -0.3 is 4.90 Å². The first-order valence-electron chi connectivity index (χ1n) is 4.93. The van der Waals surface area contributed by atoms with E-state index in [1.165, 1.54) is 0 Å². The van der Waals surface area contributed by atoms with Gasteiger partial charge in [0.1, 0.15) is 0 Å². The molecule has 0 aromatic carbocycles. The maximum Gasteiger partial charge on any atom is 0.0927 e. The summed E-state index contributed by atoms with van der Waals surface area (Å²) in [6.45, 7) is 8.71. The Morgan fingerprint density at radius 2 is 2.00 bits per heavy atom. The average molecular weight is 190 g/mol. The highest BCUT2D eigenvalue weighted by molar-refractivity contribution is 5.17. The molecule has 0 aromatic heterocycles. The number of nitrogens with zero attached hydrogens (tertiary/aromatic N) is 2. The molecule has 2 heteroatoms. The monoisotopic (exact) mass is 190 g/mol. The lowest BCUT2D eigenvalue weighted by Crippen LogP contribution is -2.53. The second-order valence-electron chi connectivity index (χ2n) is 4.89. The lowest BCUT2D eigenvalue weighted by atomic mass is 9.85. The van der Waals surface area contributed by atoms with Gasteiger partial charge in [-0.25, -0.2) is 0 Å².